The molecule has 1 fully saturated rings. The Hall–Kier alpha value is -1.87. The maximum atomic E-state index is 10.9. The average molecular weight is 230 g/mol. The van der Waals surface area contributed by atoms with Gasteiger partial charge in [0.15, 0.2) is 0 Å². The van der Waals surface area contributed by atoms with E-state index >= 15 is 0 Å². The van der Waals surface area contributed by atoms with Crippen LogP contribution in [0.2, 0.25) is 0 Å². The van der Waals surface area contributed by atoms with Crippen LogP contribution < -0.4 is 0 Å². The van der Waals surface area contributed by atoms with E-state index in [0.717, 1.165) is 5.56 Å². The molecule has 1 atom stereocenters. The van der Waals surface area contributed by atoms with Crippen molar-refractivity contribution >= 4 is 12.0 Å². The molecule has 3 nitrogen and oxygen atoms in total. The van der Waals surface area contributed by atoms with Crippen molar-refractivity contribution in [2.45, 2.75) is 12.5 Å². The maximum Gasteiger partial charge on any atom is 0.331 e. The third-order valence-electron chi connectivity index (χ3n) is 2.51. The van der Waals surface area contributed by atoms with E-state index in [2.05, 4.69) is 0 Å². The van der Waals surface area contributed by atoms with E-state index in [1.54, 1.807) is 12.2 Å². The Morgan fingerprint density at radius 1 is 1.41 bits per heavy atom. The van der Waals surface area contributed by atoms with Crippen LogP contribution in [0.25, 0.3) is 6.08 Å². The van der Waals surface area contributed by atoms with Crippen LogP contribution >= 0.6 is 0 Å². The van der Waals surface area contributed by atoms with Crippen LogP contribution in [0.15, 0.2) is 48.1 Å². The second-order valence-corrected chi connectivity index (χ2v) is 3.93. The molecule has 0 bridgehead atoms. The fourth-order valence-corrected chi connectivity index (χ4v) is 1.50. The molecule has 0 radical (unpaired) electrons. The molecule has 0 saturated carbocycles. The van der Waals surface area contributed by atoms with E-state index in [-0.39, 0.29) is 6.10 Å². The molecular formula is C14H14O3. The zero-order valence-electron chi connectivity index (χ0n) is 9.37. The highest BCUT2D eigenvalue weighted by molar-refractivity contribution is 5.87. The minimum atomic E-state index is -0.877. The van der Waals surface area contributed by atoms with E-state index in [4.69, 9.17) is 9.84 Å². The van der Waals surface area contributed by atoms with Gasteiger partial charge in [-0.25, -0.2) is 4.79 Å². The first-order chi connectivity index (χ1) is 8.25. The van der Waals surface area contributed by atoms with E-state index in [1.165, 1.54) is 0 Å². The normalized spacial score (nSPS) is 19.5. The monoisotopic (exact) mass is 230 g/mol. The first-order valence-electron chi connectivity index (χ1n) is 5.53. The summed E-state index contributed by atoms with van der Waals surface area (Å²) in [6.07, 6.45) is 5.87. The lowest BCUT2D eigenvalue weighted by atomic mass is 10.1. The summed E-state index contributed by atoms with van der Waals surface area (Å²) >= 11 is 0. The number of ether oxygens (including phenoxy) is 1. The molecule has 0 aliphatic carbocycles. The van der Waals surface area contributed by atoms with E-state index in [0.29, 0.717) is 18.6 Å². The van der Waals surface area contributed by atoms with Crippen molar-refractivity contribution in [3.63, 3.8) is 0 Å². The summed E-state index contributed by atoms with van der Waals surface area (Å²) in [5.41, 5.74) is 1.44. The van der Waals surface area contributed by atoms with E-state index in [9.17, 15) is 4.79 Å². The smallest absolute Gasteiger partial charge is 0.331 e. The van der Waals surface area contributed by atoms with Gasteiger partial charge in [0.05, 0.1) is 12.7 Å². The number of hydrogen-bond acceptors (Lipinski definition) is 2. The molecule has 17 heavy (non-hydrogen) atoms. The van der Waals surface area contributed by atoms with Crippen molar-refractivity contribution in [1.29, 1.82) is 0 Å². The molecule has 3 heteroatoms. The highest BCUT2D eigenvalue weighted by Crippen LogP contribution is 2.19. The lowest BCUT2D eigenvalue weighted by Gasteiger charge is -1.96. The number of carbonyl (C=O) groups is 1. The van der Waals surface area contributed by atoms with Gasteiger partial charge in [0, 0.05) is 12.0 Å². The van der Waals surface area contributed by atoms with Crippen LogP contribution in [0, 0.1) is 0 Å². The predicted molar refractivity (Wildman–Crippen MR) is 65.6 cm³/mol. The van der Waals surface area contributed by atoms with Crippen LogP contribution in [0.4, 0.5) is 0 Å². The van der Waals surface area contributed by atoms with Crippen LogP contribution in [0.3, 0.4) is 0 Å². The molecule has 1 aromatic rings. The number of allylic oxidation sites excluding steroid dienone is 2. The van der Waals surface area contributed by atoms with Crippen LogP contribution in [-0.4, -0.2) is 23.8 Å². The summed E-state index contributed by atoms with van der Waals surface area (Å²) in [6.45, 7) is 0.674. The summed E-state index contributed by atoms with van der Waals surface area (Å²) in [5.74, 6) is -0.877. The topological polar surface area (TPSA) is 49.8 Å². The van der Waals surface area contributed by atoms with Gasteiger partial charge < -0.3 is 9.84 Å². The van der Waals surface area contributed by atoms with Crippen LogP contribution in [0.5, 0.6) is 0 Å². The number of hydrogen-bond donors (Lipinski definition) is 1. The molecule has 0 amide bonds. The molecule has 1 aliphatic heterocycles. The number of epoxide rings is 1. The van der Waals surface area contributed by atoms with Crippen molar-refractivity contribution in [2.24, 2.45) is 0 Å². The van der Waals surface area contributed by atoms with Gasteiger partial charge in [0.1, 0.15) is 0 Å². The highest BCUT2D eigenvalue weighted by Gasteiger charge is 2.25. The molecule has 1 aromatic carbocycles. The Kier molecular flexibility index (Phi) is 3.73. The Labute approximate surface area is 100 Å². The van der Waals surface area contributed by atoms with Gasteiger partial charge in [-0.15, -0.1) is 0 Å². The number of benzene rings is 1. The van der Waals surface area contributed by atoms with Crippen LogP contribution in [-0.2, 0) is 9.53 Å². The van der Waals surface area contributed by atoms with Gasteiger partial charge in [-0.1, -0.05) is 48.6 Å². The van der Waals surface area contributed by atoms with E-state index < -0.39 is 5.97 Å². The van der Waals surface area contributed by atoms with Crippen molar-refractivity contribution in [3.8, 4) is 0 Å². The lowest BCUT2D eigenvalue weighted by molar-refractivity contribution is -0.132. The summed E-state index contributed by atoms with van der Waals surface area (Å²) < 4.78 is 5.03. The Morgan fingerprint density at radius 2 is 2.12 bits per heavy atom. The fourth-order valence-electron chi connectivity index (χ4n) is 1.50. The quantitative estimate of drug-likeness (QED) is 0.480. The van der Waals surface area contributed by atoms with Gasteiger partial charge >= 0.3 is 5.97 Å². The number of aliphatic carboxylic acids is 1. The summed E-state index contributed by atoms with van der Waals surface area (Å²) in [4.78, 5) is 10.9. The first kappa shape index (κ1) is 11.6. The van der Waals surface area contributed by atoms with Crippen molar-refractivity contribution in [3.05, 3.63) is 53.6 Å². The van der Waals surface area contributed by atoms with Crippen molar-refractivity contribution < 1.29 is 14.6 Å². The van der Waals surface area contributed by atoms with E-state index in [1.807, 2.05) is 36.4 Å². The third-order valence-corrected chi connectivity index (χ3v) is 2.51. The molecule has 1 heterocycles. The average Bonchev–Trinajstić information content (AvgIpc) is 3.13. The van der Waals surface area contributed by atoms with Crippen LogP contribution in [0.1, 0.15) is 12.0 Å². The summed E-state index contributed by atoms with van der Waals surface area (Å²) in [6, 6.07) is 9.77. The molecule has 1 N–H and O–H groups in total. The van der Waals surface area contributed by atoms with Gasteiger partial charge in [-0.05, 0) is 5.56 Å². The Balaban J connectivity index is 2.00. The minimum Gasteiger partial charge on any atom is -0.478 e. The molecule has 0 aromatic heterocycles. The largest absolute Gasteiger partial charge is 0.478 e. The minimum absolute atomic E-state index is 0.0995. The molecular weight excluding hydrogens is 216 g/mol. The zero-order chi connectivity index (χ0) is 12.1. The number of carboxylic acid groups (broad SMARTS) is 1. The van der Waals surface area contributed by atoms with Crippen molar-refractivity contribution in [2.75, 3.05) is 6.61 Å². The van der Waals surface area contributed by atoms with Gasteiger partial charge in [-0.2, -0.15) is 0 Å². The predicted octanol–water partition coefficient (Wildman–Crippen LogP) is 2.50. The molecule has 88 valence electrons. The van der Waals surface area contributed by atoms with Gasteiger partial charge in [0.25, 0.3) is 0 Å². The van der Waals surface area contributed by atoms with Gasteiger partial charge in [0.2, 0.25) is 0 Å². The standard InChI is InChI=1S/C14H14O3/c15-14(16)12(9-13-10-17-13)8-4-7-11-5-2-1-3-6-11/h1-8,13H,9-10H2,(H,15,16). The second kappa shape index (κ2) is 5.46. The Morgan fingerprint density at radius 3 is 2.71 bits per heavy atom. The lowest BCUT2D eigenvalue weighted by Crippen LogP contribution is -2.03. The number of carboxylic acids is 1. The highest BCUT2D eigenvalue weighted by atomic mass is 16.6. The molecule has 0 spiro atoms. The third kappa shape index (κ3) is 3.89. The molecule has 1 unspecified atom stereocenters. The SMILES string of the molecule is O=C(O)C(=CC=Cc1ccccc1)CC1CO1. The summed E-state index contributed by atoms with van der Waals surface area (Å²) in [5, 5.41) is 8.99. The first-order valence-corrected chi connectivity index (χ1v) is 5.53. The molecule has 1 saturated heterocycles. The molecule has 1 aliphatic rings. The number of rotatable bonds is 5. The Bertz CT molecular complexity index is 442. The fraction of sp³-hybridized carbons (Fsp3) is 0.214. The van der Waals surface area contributed by atoms with Gasteiger partial charge in [-0.3, -0.25) is 0 Å². The second-order valence-electron chi connectivity index (χ2n) is 3.93. The van der Waals surface area contributed by atoms with Crippen molar-refractivity contribution in [1.82, 2.24) is 0 Å². The maximum absolute atomic E-state index is 10.9. The molecule has 2 rings (SSSR count). The summed E-state index contributed by atoms with van der Waals surface area (Å²) in [7, 11) is 0. The zero-order valence-corrected chi connectivity index (χ0v) is 9.37.